The van der Waals surface area contributed by atoms with Crippen LogP contribution in [0.15, 0.2) is 16.9 Å². The summed E-state index contributed by atoms with van der Waals surface area (Å²) < 4.78 is 11.0. The maximum Gasteiger partial charge on any atom is 0.306 e. The highest BCUT2D eigenvalue weighted by atomic mass is 16.5. The Balaban J connectivity index is 1.67. The lowest BCUT2D eigenvalue weighted by Gasteiger charge is -2.22. The Morgan fingerprint density at radius 2 is 2.03 bits per heavy atom. The third kappa shape index (κ3) is 7.01. The summed E-state index contributed by atoms with van der Waals surface area (Å²) in [6.07, 6.45) is 15.1. The van der Waals surface area contributed by atoms with Gasteiger partial charge in [-0.1, -0.05) is 63.4 Å². The quantitative estimate of drug-likeness (QED) is 0.365. The number of esters is 1. The van der Waals surface area contributed by atoms with Gasteiger partial charge < -0.3 is 14.6 Å². The monoisotopic (exact) mass is 429 g/mol. The minimum atomic E-state index is -0.203. The second-order valence-electron chi connectivity index (χ2n) is 8.37. The van der Waals surface area contributed by atoms with E-state index in [0.717, 1.165) is 31.6 Å². The molecule has 170 valence electrons. The van der Waals surface area contributed by atoms with Crippen LogP contribution in [0.5, 0.6) is 0 Å². The Morgan fingerprint density at radius 1 is 1.23 bits per heavy atom. The van der Waals surface area contributed by atoms with Crippen LogP contribution >= 0.6 is 0 Å². The predicted molar refractivity (Wildman–Crippen MR) is 119 cm³/mol. The van der Waals surface area contributed by atoms with Gasteiger partial charge in [0.25, 0.3) is 0 Å². The van der Waals surface area contributed by atoms with Gasteiger partial charge in [-0.3, -0.25) is 4.79 Å². The van der Waals surface area contributed by atoms with Crippen molar-refractivity contribution in [2.24, 2.45) is 5.92 Å². The number of hydrogen-bond acceptors (Lipinski definition) is 8. The number of carbonyl (C=O) groups excluding carboxylic acids is 1. The van der Waals surface area contributed by atoms with E-state index in [1.54, 1.807) is 19.4 Å². The molecule has 0 amide bonds. The third-order valence-electron chi connectivity index (χ3n) is 6.00. The molecule has 2 heterocycles. The Kier molecular flexibility index (Phi) is 9.24. The molecule has 8 nitrogen and oxygen atoms in total. The molecule has 1 saturated carbocycles. The van der Waals surface area contributed by atoms with Crippen LogP contribution in [-0.4, -0.2) is 39.7 Å². The van der Waals surface area contributed by atoms with Crippen LogP contribution in [0.2, 0.25) is 0 Å². The first kappa shape index (κ1) is 23.2. The average Bonchev–Trinajstić information content (AvgIpc) is 3.29. The van der Waals surface area contributed by atoms with Crippen molar-refractivity contribution in [3.8, 4) is 11.5 Å². The fourth-order valence-corrected chi connectivity index (χ4v) is 4.21. The van der Waals surface area contributed by atoms with Gasteiger partial charge in [0.1, 0.15) is 0 Å². The molecule has 1 fully saturated rings. The van der Waals surface area contributed by atoms with E-state index in [4.69, 9.17) is 9.26 Å². The van der Waals surface area contributed by atoms with Gasteiger partial charge in [-0.25, -0.2) is 9.97 Å². The van der Waals surface area contributed by atoms with Crippen molar-refractivity contribution in [3.63, 3.8) is 0 Å². The van der Waals surface area contributed by atoms with Crippen LogP contribution in [-0.2, 0) is 9.53 Å². The molecule has 0 spiro atoms. The van der Waals surface area contributed by atoms with Crippen LogP contribution in [0, 0.1) is 5.92 Å². The lowest BCUT2D eigenvalue weighted by Crippen LogP contribution is -2.13. The second kappa shape index (κ2) is 12.4. The van der Waals surface area contributed by atoms with E-state index in [1.807, 2.05) is 0 Å². The average molecular weight is 430 g/mol. The van der Waals surface area contributed by atoms with Crippen LogP contribution in [0.25, 0.3) is 11.5 Å². The largest absolute Gasteiger partial charge is 0.466 e. The zero-order chi connectivity index (χ0) is 21.9. The summed E-state index contributed by atoms with van der Waals surface area (Å²) in [7, 11) is 1.77. The highest BCUT2D eigenvalue weighted by Crippen LogP contribution is 2.32. The SMILES string of the molecule is CCCCOC(=O)CC(CCCC1CCCCC1)c1nc(-c2nccnc2NC)no1. The molecule has 8 heteroatoms. The van der Waals surface area contributed by atoms with Crippen LogP contribution in [0.3, 0.4) is 0 Å². The minimum absolute atomic E-state index is 0.145. The molecule has 2 aromatic heterocycles. The molecule has 3 rings (SSSR count). The van der Waals surface area contributed by atoms with Crippen LogP contribution in [0.1, 0.15) is 89.4 Å². The zero-order valence-corrected chi connectivity index (χ0v) is 18.8. The van der Waals surface area contributed by atoms with Gasteiger partial charge in [-0.15, -0.1) is 0 Å². The lowest BCUT2D eigenvalue weighted by molar-refractivity contribution is -0.144. The number of ether oxygens (including phenoxy) is 1. The molecule has 0 bridgehead atoms. The van der Waals surface area contributed by atoms with E-state index < -0.39 is 0 Å². The first-order chi connectivity index (χ1) is 15.2. The van der Waals surface area contributed by atoms with E-state index in [1.165, 1.54) is 38.5 Å². The fourth-order valence-electron chi connectivity index (χ4n) is 4.21. The van der Waals surface area contributed by atoms with E-state index in [2.05, 4.69) is 32.3 Å². The normalized spacial score (nSPS) is 15.5. The standard InChI is InChI=1S/C23H35N5O3/c1-3-4-15-30-19(29)16-18(12-8-11-17-9-6-5-7-10-17)23-27-22(28-31-23)20-21(24-2)26-14-13-25-20/h13-14,17-18H,3-12,15-16H2,1-2H3,(H,24,26). The summed E-state index contributed by atoms with van der Waals surface area (Å²) in [5, 5.41) is 7.11. The summed E-state index contributed by atoms with van der Waals surface area (Å²) in [5.74, 6) is 1.90. The molecular weight excluding hydrogens is 394 g/mol. The van der Waals surface area contributed by atoms with Gasteiger partial charge in [0.2, 0.25) is 11.7 Å². The number of unbranched alkanes of at least 4 members (excludes halogenated alkanes) is 1. The Bertz CT molecular complexity index is 804. The topological polar surface area (TPSA) is 103 Å². The highest BCUT2D eigenvalue weighted by molar-refractivity contribution is 5.70. The molecule has 0 radical (unpaired) electrons. The maximum atomic E-state index is 12.4. The second-order valence-corrected chi connectivity index (χ2v) is 8.37. The van der Waals surface area contributed by atoms with Gasteiger partial charge in [0.05, 0.1) is 13.0 Å². The van der Waals surface area contributed by atoms with Crippen molar-refractivity contribution in [2.45, 2.75) is 83.5 Å². The van der Waals surface area contributed by atoms with E-state index in [9.17, 15) is 4.79 Å². The molecule has 1 atom stereocenters. The molecule has 1 aliphatic carbocycles. The number of aromatic nitrogens is 4. The molecular formula is C23H35N5O3. The van der Waals surface area contributed by atoms with Crippen LogP contribution < -0.4 is 5.32 Å². The number of nitrogens with zero attached hydrogens (tertiary/aromatic N) is 4. The number of anilines is 1. The van der Waals surface area contributed by atoms with Crippen molar-refractivity contribution >= 4 is 11.8 Å². The van der Waals surface area contributed by atoms with Gasteiger partial charge in [0.15, 0.2) is 11.5 Å². The van der Waals surface area contributed by atoms with Gasteiger partial charge in [0, 0.05) is 25.4 Å². The number of carbonyl (C=O) groups is 1. The van der Waals surface area contributed by atoms with Crippen molar-refractivity contribution < 1.29 is 14.1 Å². The molecule has 0 saturated heterocycles. The van der Waals surface area contributed by atoms with Crippen molar-refractivity contribution in [1.29, 1.82) is 0 Å². The molecule has 1 unspecified atom stereocenters. The summed E-state index contributed by atoms with van der Waals surface area (Å²) in [4.78, 5) is 25.6. The van der Waals surface area contributed by atoms with E-state index >= 15 is 0 Å². The fraction of sp³-hybridized carbons (Fsp3) is 0.696. The Hall–Kier alpha value is -2.51. The summed E-state index contributed by atoms with van der Waals surface area (Å²) >= 11 is 0. The first-order valence-electron chi connectivity index (χ1n) is 11.7. The maximum absolute atomic E-state index is 12.4. The summed E-state index contributed by atoms with van der Waals surface area (Å²) in [5.41, 5.74) is 0.534. The molecule has 2 aromatic rings. The molecule has 31 heavy (non-hydrogen) atoms. The van der Waals surface area contributed by atoms with Gasteiger partial charge >= 0.3 is 5.97 Å². The summed E-state index contributed by atoms with van der Waals surface area (Å²) in [6.45, 7) is 2.54. The predicted octanol–water partition coefficient (Wildman–Crippen LogP) is 5.14. The van der Waals surface area contributed by atoms with E-state index in [-0.39, 0.29) is 18.3 Å². The number of rotatable bonds is 12. The number of nitrogens with one attached hydrogen (secondary N) is 1. The van der Waals surface area contributed by atoms with Crippen molar-refractivity contribution in [3.05, 3.63) is 18.3 Å². The Morgan fingerprint density at radius 3 is 2.81 bits per heavy atom. The van der Waals surface area contributed by atoms with Gasteiger partial charge in [-0.05, 0) is 18.8 Å². The molecule has 0 aliphatic heterocycles. The van der Waals surface area contributed by atoms with Crippen molar-refractivity contribution in [2.75, 3.05) is 19.0 Å². The molecule has 1 N–H and O–H groups in total. The highest BCUT2D eigenvalue weighted by Gasteiger charge is 2.25. The van der Waals surface area contributed by atoms with Gasteiger partial charge in [-0.2, -0.15) is 4.98 Å². The Labute approximate surface area is 184 Å². The third-order valence-corrected chi connectivity index (χ3v) is 6.00. The molecule has 0 aromatic carbocycles. The molecule has 1 aliphatic rings. The lowest BCUT2D eigenvalue weighted by atomic mass is 9.84. The van der Waals surface area contributed by atoms with Crippen molar-refractivity contribution in [1.82, 2.24) is 20.1 Å². The smallest absolute Gasteiger partial charge is 0.306 e. The first-order valence-corrected chi connectivity index (χ1v) is 11.7. The van der Waals surface area contributed by atoms with Crippen LogP contribution in [0.4, 0.5) is 5.82 Å². The van der Waals surface area contributed by atoms with E-state index in [0.29, 0.717) is 29.8 Å². The minimum Gasteiger partial charge on any atom is -0.466 e. The zero-order valence-electron chi connectivity index (χ0n) is 18.8. The summed E-state index contributed by atoms with van der Waals surface area (Å²) in [6, 6.07) is 0. The number of hydrogen-bond donors (Lipinski definition) is 1.